The Labute approximate surface area is 142 Å². The number of rotatable bonds is 3. The van der Waals surface area contributed by atoms with Crippen molar-refractivity contribution in [1.82, 2.24) is 10.3 Å². The molecule has 3 rings (SSSR count). The topological polar surface area (TPSA) is 68.7 Å². The van der Waals surface area contributed by atoms with Gasteiger partial charge in [0.25, 0.3) is 5.91 Å². The number of aromatic amines is 1. The minimum absolute atomic E-state index is 0.167. The first-order valence-electron chi connectivity index (χ1n) is 8.60. The van der Waals surface area contributed by atoms with Crippen molar-refractivity contribution >= 4 is 22.9 Å². The fraction of sp³-hybridized carbons (Fsp3) is 0.400. The summed E-state index contributed by atoms with van der Waals surface area (Å²) in [6.07, 6.45) is 6.21. The minimum atomic E-state index is -0.263. The van der Waals surface area contributed by atoms with Gasteiger partial charge in [0.15, 0.2) is 0 Å². The molecule has 0 radical (unpaired) electrons. The molecule has 124 valence electrons. The second-order valence-corrected chi connectivity index (χ2v) is 6.72. The highest BCUT2D eigenvalue weighted by atomic mass is 16.1. The van der Waals surface area contributed by atoms with Crippen molar-refractivity contribution in [2.45, 2.75) is 45.6 Å². The quantitative estimate of drug-likeness (QED) is 0.660. The molecule has 1 fully saturated rings. The van der Waals surface area contributed by atoms with Gasteiger partial charge in [-0.25, -0.2) is 0 Å². The second kappa shape index (κ2) is 6.92. The fourth-order valence-electron chi connectivity index (χ4n) is 3.55. The Morgan fingerprint density at radius 1 is 1.33 bits per heavy atom. The van der Waals surface area contributed by atoms with E-state index in [9.17, 15) is 10.1 Å². The summed E-state index contributed by atoms with van der Waals surface area (Å²) >= 11 is 0. The summed E-state index contributed by atoms with van der Waals surface area (Å²) in [7, 11) is 0. The summed E-state index contributed by atoms with van der Waals surface area (Å²) in [5.41, 5.74) is 3.05. The van der Waals surface area contributed by atoms with E-state index in [1.54, 1.807) is 6.08 Å². The van der Waals surface area contributed by atoms with Crippen LogP contribution in [0.1, 0.15) is 43.9 Å². The van der Waals surface area contributed by atoms with Crippen molar-refractivity contribution in [3.8, 4) is 6.07 Å². The summed E-state index contributed by atoms with van der Waals surface area (Å²) in [4.78, 5) is 15.8. The summed E-state index contributed by atoms with van der Waals surface area (Å²) < 4.78 is 0. The maximum atomic E-state index is 12.5. The molecule has 2 atom stereocenters. The first-order valence-corrected chi connectivity index (χ1v) is 8.60. The third-order valence-corrected chi connectivity index (χ3v) is 5.03. The Bertz CT molecular complexity index is 825. The van der Waals surface area contributed by atoms with Crippen molar-refractivity contribution in [1.29, 1.82) is 5.26 Å². The van der Waals surface area contributed by atoms with E-state index in [1.807, 2.05) is 31.2 Å². The molecule has 1 aliphatic rings. The summed E-state index contributed by atoms with van der Waals surface area (Å²) in [5, 5.41) is 13.6. The van der Waals surface area contributed by atoms with Crippen LogP contribution in [0.5, 0.6) is 0 Å². The van der Waals surface area contributed by atoms with Gasteiger partial charge in [-0.1, -0.05) is 38.0 Å². The number of amides is 1. The van der Waals surface area contributed by atoms with Gasteiger partial charge in [0, 0.05) is 28.2 Å². The van der Waals surface area contributed by atoms with E-state index < -0.39 is 0 Å². The van der Waals surface area contributed by atoms with Crippen LogP contribution in [0.2, 0.25) is 0 Å². The highest BCUT2D eigenvalue weighted by Gasteiger charge is 2.24. The molecule has 0 aliphatic heterocycles. The van der Waals surface area contributed by atoms with Gasteiger partial charge in [-0.15, -0.1) is 0 Å². The van der Waals surface area contributed by atoms with Gasteiger partial charge in [-0.3, -0.25) is 4.79 Å². The zero-order valence-electron chi connectivity index (χ0n) is 14.2. The van der Waals surface area contributed by atoms with E-state index >= 15 is 0 Å². The normalized spacial score (nSPS) is 21.5. The van der Waals surface area contributed by atoms with Crippen molar-refractivity contribution in [3.63, 3.8) is 0 Å². The van der Waals surface area contributed by atoms with Crippen LogP contribution >= 0.6 is 0 Å². The number of carbonyl (C=O) groups is 1. The predicted octanol–water partition coefficient (Wildman–Crippen LogP) is 4.08. The number of aryl methyl sites for hydroxylation is 1. The zero-order valence-corrected chi connectivity index (χ0v) is 14.2. The van der Waals surface area contributed by atoms with Gasteiger partial charge in [0.2, 0.25) is 0 Å². The molecule has 0 spiro atoms. The highest BCUT2D eigenvalue weighted by molar-refractivity contribution is 6.04. The number of hydrogen-bond acceptors (Lipinski definition) is 2. The molecule has 4 heteroatoms. The Morgan fingerprint density at radius 3 is 2.83 bits per heavy atom. The Balaban J connectivity index is 1.87. The number of aromatic nitrogens is 1. The van der Waals surface area contributed by atoms with Crippen LogP contribution in [0.4, 0.5) is 0 Å². The zero-order chi connectivity index (χ0) is 17.1. The molecular formula is C20H23N3O. The standard InChI is InChI=1S/C20H23N3O/c1-13-7-3-5-9-18(13)23-20(24)15(12-21)11-17-14(2)22-19-10-6-4-8-16(17)19/h4,6,8,10-11,13,18,22H,3,5,7,9H2,1-2H3,(H,23,24)/b15-11+/t13-,18+/m0/s1. The average molecular weight is 321 g/mol. The molecule has 0 bridgehead atoms. The molecule has 2 aromatic rings. The predicted molar refractivity (Wildman–Crippen MR) is 96.2 cm³/mol. The van der Waals surface area contributed by atoms with Crippen LogP contribution in [-0.2, 0) is 4.79 Å². The first-order chi connectivity index (χ1) is 11.6. The molecule has 1 aromatic heterocycles. The molecule has 1 aliphatic carbocycles. The van der Waals surface area contributed by atoms with Gasteiger partial charge in [-0.2, -0.15) is 5.26 Å². The van der Waals surface area contributed by atoms with E-state index in [0.29, 0.717) is 5.92 Å². The van der Waals surface area contributed by atoms with E-state index in [2.05, 4.69) is 23.3 Å². The summed E-state index contributed by atoms with van der Waals surface area (Å²) in [6, 6.07) is 10.2. The molecule has 1 aromatic carbocycles. The second-order valence-electron chi connectivity index (χ2n) is 6.72. The smallest absolute Gasteiger partial charge is 0.262 e. The monoisotopic (exact) mass is 321 g/mol. The molecule has 1 amide bonds. The first kappa shape index (κ1) is 16.3. The van der Waals surface area contributed by atoms with Gasteiger partial charge in [0.05, 0.1) is 0 Å². The number of nitriles is 1. The molecular weight excluding hydrogens is 298 g/mol. The van der Waals surface area contributed by atoms with Gasteiger partial charge in [-0.05, 0) is 37.8 Å². The van der Waals surface area contributed by atoms with Crippen LogP contribution in [0, 0.1) is 24.2 Å². The Kier molecular flexibility index (Phi) is 4.71. The number of hydrogen-bond donors (Lipinski definition) is 2. The summed E-state index contributed by atoms with van der Waals surface area (Å²) in [6.45, 7) is 4.13. The minimum Gasteiger partial charge on any atom is -0.358 e. The SMILES string of the molecule is Cc1[nH]c2ccccc2c1/C=C(\C#N)C(=O)N[C@@H]1CCCC[C@@H]1C. The average Bonchev–Trinajstić information content (AvgIpc) is 2.90. The number of fused-ring (bicyclic) bond motifs is 1. The lowest BCUT2D eigenvalue weighted by molar-refractivity contribution is -0.118. The maximum absolute atomic E-state index is 12.5. The lowest BCUT2D eigenvalue weighted by Crippen LogP contribution is -2.41. The van der Waals surface area contributed by atoms with Crippen LogP contribution in [-0.4, -0.2) is 16.9 Å². The summed E-state index contributed by atoms with van der Waals surface area (Å²) in [5.74, 6) is 0.207. The third-order valence-electron chi connectivity index (χ3n) is 5.03. The van der Waals surface area contributed by atoms with Crippen LogP contribution in [0.15, 0.2) is 29.8 Å². The van der Waals surface area contributed by atoms with Crippen molar-refractivity contribution in [2.75, 3.05) is 0 Å². The van der Waals surface area contributed by atoms with E-state index in [-0.39, 0.29) is 17.5 Å². The number of nitrogens with one attached hydrogen (secondary N) is 2. The van der Waals surface area contributed by atoms with Crippen LogP contribution < -0.4 is 5.32 Å². The highest BCUT2D eigenvalue weighted by Crippen LogP contribution is 2.26. The fourth-order valence-corrected chi connectivity index (χ4v) is 3.55. The number of H-pyrrole nitrogens is 1. The third kappa shape index (κ3) is 3.21. The molecule has 0 unspecified atom stereocenters. The van der Waals surface area contributed by atoms with Crippen LogP contribution in [0.3, 0.4) is 0 Å². The van der Waals surface area contributed by atoms with E-state index in [4.69, 9.17) is 0 Å². The number of para-hydroxylation sites is 1. The molecule has 0 saturated heterocycles. The largest absolute Gasteiger partial charge is 0.358 e. The van der Waals surface area contributed by atoms with E-state index in [1.165, 1.54) is 6.42 Å². The van der Waals surface area contributed by atoms with Gasteiger partial charge < -0.3 is 10.3 Å². The van der Waals surface area contributed by atoms with Crippen molar-refractivity contribution in [2.24, 2.45) is 5.92 Å². The molecule has 2 N–H and O–H groups in total. The lowest BCUT2D eigenvalue weighted by atomic mass is 9.86. The van der Waals surface area contributed by atoms with Crippen molar-refractivity contribution < 1.29 is 4.79 Å². The maximum Gasteiger partial charge on any atom is 0.262 e. The Hall–Kier alpha value is -2.54. The molecule has 4 nitrogen and oxygen atoms in total. The van der Waals surface area contributed by atoms with Crippen LogP contribution in [0.25, 0.3) is 17.0 Å². The van der Waals surface area contributed by atoms with Gasteiger partial charge in [0.1, 0.15) is 11.6 Å². The number of nitrogens with zero attached hydrogens (tertiary/aromatic N) is 1. The van der Waals surface area contributed by atoms with E-state index in [0.717, 1.165) is 41.4 Å². The number of benzene rings is 1. The molecule has 24 heavy (non-hydrogen) atoms. The Morgan fingerprint density at radius 2 is 2.08 bits per heavy atom. The lowest BCUT2D eigenvalue weighted by Gasteiger charge is -2.29. The molecule has 1 heterocycles. The number of carbonyl (C=O) groups excluding carboxylic acids is 1. The molecule has 1 saturated carbocycles. The van der Waals surface area contributed by atoms with Crippen molar-refractivity contribution in [3.05, 3.63) is 41.1 Å². The van der Waals surface area contributed by atoms with Gasteiger partial charge >= 0.3 is 0 Å².